The van der Waals surface area contributed by atoms with Crippen LogP contribution in [0.3, 0.4) is 0 Å². The Kier molecular flexibility index (Phi) is 6.70. The molecular formula is C24H26N2O6. The quantitative estimate of drug-likeness (QED) is 0.388. The summed E-state index contributed by atoms with van der Waals surface area (Å²) in [6, 6.07) is 16.2. The van der Waals surface area contributed by atoms with Crippen LogP contribution in [0.15, 0.2) is 48.5 Å². The molecule has 4 rings (SSSR count). The third kappa shape index (κ3) is 5.08. The van der Waals surface area contributed by atoms with Crippen molar-refractivity contribution in [2.24, 2.45) is 5.92 Å². The third-order valence-corrected chi connectivity index (χ3v) is 5.79. The normalized spacial score (nSPS) is 15.4. The third-order valence-electron chi connectivity index (χ3n) is 5.79. The average molecular weight is 438 g/mol. The van der Waals surface area contributed by atoms with Gasteiger partial charge in [-0.2, -0.15) is 0 Å². The number of rotatable bonds is 10. The number of hydrogen-bond donors (Lipinski definition) is 3. The van der Waals surface area contributed by atoms with E-state index in [2.05, 4.69) is 35.1 Å². The Hall–Kier alpha value is -3.39. The van der Waals surface area contributed by atoms with Gasteiger partial charge in [0.25, 0.3) is 0 Å². The van der Waals surface area contributed by atoms with Gasteiger partial charge in [-0.05, 0) is 47.4 Å². The zero-order valence-electron chi connectivity index (χ0n) is 17.6. The Morgan fingerprint density at radius 1 is 1.00 bits per heavy atom. The van der Waals surface area contributed by atoms with Crippen molar-refractivity contribution in [3.63, 3.8) is 0 Å². The molecule has 2 aliphatic rings. The van der Waals surface area contributed by atoms with Crippen LogP contribution >= 0.6 is 0 Å². The highest BCUT2D eigenvalue weighted by Gasteiger charge is 2.38. The van der Waals surface area contributed by atoms with Crippen molar-refractivity contribution in [2.75, 3.05) is 13.2 Å². The molecule has 0 aliphatic heterocycles. The highest BCUT2D eigenvalue weighted by atomic mass is 16.7. The van der Waals surface area contributed by atoms with Crippen LogP contribution in [0.4, 0.5) is 4.79 Å². The standard InChI is InChI=1S/C24H26N2O6/c27-21(26-32-22(23(28)29)15-11-12-15)10-5-13-25-24(30)31-14-20-18-8-3-1-6-16(18)17-7-2-4-9-19(17)20/h1-4,6-9,15,20,22H,5,10-14H2,(H,25,30)(H,26,27)(H,28,29). The van der Waals surface area contributed by atoms with E-state index in [4.69, 9.17) is 14.7 Å². The molecule has 0 aromatic heterocycles. The lowest BCUT2D eigenvalue weighted by molar-refractivity contribution is -0.162. The van der Waals surface area contributed by atoms with Crippen molar-refractivity contribution in [3.8, 4) is 11.1 Å². The fourth-order valence-corrected chi connectivity index (χ4v) is 4.02. The number of benzene rings is 2. The monoisotopic (exact) mass is 438 g/mol. The molecule has 0 saturated heterocycles. The largest absolute Gasteiger partial charge is 0.479 e. The van der Waals surface area contributed by atoms with E-state index in [1.54, 1.807) is 0 Å². The number of carboxylic acids is 1. The van der Waals surface area contributed by atoms with Crippen LogP contribution < -0.4 is 10.8 Å². The fourth-order valence-electron chi connectivity index (χ4n) is 4.02. The molecule has 1 unspecified atom stereocenters. The number of hydroxylamine groups is 1. The summed E-state index contributed by atoms with van der Waals surface area (Å²) in [5.74, 6) is -1.55. The molecule has 3 N–H and O–H groups in total. The molecule has 2 aliphatic carbocycles. The van der Waals surface area contributed by atoms with Crippen LogP contribution in [0.25, 0.3) is 11.1 Å². The van der Waals surface area contributed by atoms with Crippen molar-refractivity contribution < 1.29 is 29.1 Å². The molecule has 32 heavy (non-hydrogen) atoms. The van der Waals surface area contributed by atoms with E-state index in [1.807, 2.05) is 24.3 Å². The zero-order chi connectivity index (χ0) is 22.5. The number of hydrogen-bond acceptors (Lipinski definition) is 5. The summed E-state index contributed by atoms with van der Waals surface area (Å²) in [5, 5.41) is 11.7. The molecular weight excluding hydrogens is 412 g/mol. The average Bonchev–Trinajstić information content (AvgIpc) is 3.57. The minimum Gasteiger partial charge on any atom is -0.479 e. The number of carbonyl (C=O) groups excluding carboxylic acids is 2. The second-order valence-corrected chi connectivity index (χ2v) is 8.10. The van der Waals surface area contributed by atoms with E-state index in [0.717, 1.165) is 35.1 Å². The predicted octanol–water partition coefficient (Wildman–Crippen LogP) is 3.22. The van der Waals surface area contributed by atoms with Gasteiger partial charge in [-0.15, -0.1) is 0 Å². The van der Waals surface area contributed by atoms with Crippen molar-refractivity contribution in [2.45, 2.75) is 37.7 Å². The SMILES string of the molecule is O=C(CCCNC(=O)OCC1c2ccccc2-c2ccccc21)NOC(C(=O)O)C1CC1. The number of carboxylic acid groups (broad SMARTS) is 1. The summed E-state index contributed by atoms with van der Waals surface area (Å²) in [6.45, 7) is 0.487. The molecule has 0 heterocycles. The molecule has 2 aromatic carbocycles. The van der Waals surface area contributed by atoms with Crippen molar-refractivity contribution in [3.05, 3.63) is 59.7 Å². The van der Waals surface area contributed by atoms with Gasteiger partial charge in [0, 0.05) is 18.9 Å². The van der Waals surface area contributed by atoms with Crippen LogP contribution in [-0.2, 0) is 19.2 Å². The topological polar surface area (TPSA) is 114 Å². The van der Waals surface area contributed by atoms with Gasteiger partial charge in [0.05, 0.1) is 0 Å². The number of alkyl carbamates (subject to hydrolysis) is 1. The van der Waals surface area contributed by atoms with Crippen LogP contribution in [0.5, 0.6) is 0 Å². The van der Waals surface area contributed by atoms with E-state index < -0.39 is 24.1 Å². The van der Waals surface area contributed by atoms with Gasteiger partial charge >= 0.3 is 12.1 Å². The van der Waals surface area contributed by atoms with Gasteiger partial charge in [0.15, 0.2) is 6.10 Å². The first-order valence-electron chi connectivity index (χ1n) is 10.8. The number of ether oxygens (including phenoxy) is 1. The first-order chi connectivity index (χ1) is 15.5. The van der Waals surface area contributed by atoms with Gasteiger partial charge in [0.2, 0.25) is 5.91 Å². The molecule has 2 amide bonds. The molecule has 168 valence electrons. The Balaban J connectivity index is 1.17. The van der Waals surface area contributed by atoms with Gasteiger partial charge in [-0.25, -0.2) is 15.1 Å². The Morgan fingerprint density at radius 3 is 2.22 bits per heavy atom. The zero-order valence-corrected chi connectivity index (χ0v) is 17.6. The van der Waals surface area contributed by atoms with Crippen molar-refractivity contribution >= 4 is 18.0 Å². The van der Waals surface area contributed by atoms with Crippen molar-refractivity contribution in [1.82, 2.24) is 10.8 Å². The molecule has 2 aromatic rings. The van der Waals surface area contributed by atoms with E-state index in [1.165, 1.54) is 0 Å². The number of nitrogens with one attached hydrogen (secondary N) is 2. The summed E-state index contributed by atoms with van der Waals surface area (Å²) in [6.07, 6.45) is 0.510. The van der Waals surface area contributed by atoms with Crippen LogP contribution in [0, 0.1) is 5.92 Å². The van der Waals surface area contributed by atoms with E-state index in [-0.39, 0.29) is 31.4 Å². The minimum absolute atomic E-state index is 0.00951. The Labute approximate surface area is 185 Å². The Morgan fingerprint density at radius 2 is 1.62 bits per heavy atom. The van der Waals surface area contributed by atoms with Crippen LogP contribution in [-0.4, -0.2) is 42.3 Å². The maximum absolute atomic E-state index is 12.1. The second kappa shape index (κ2) is 9.82. The van der Waals surface area contributed by atoms with Crippen LogP contribution in [0.1, 0.15) is 42.7 Å². The lowest BCUT2D eigenvalue weighted by Gasteiger charge is -2.15. The number of carbonyl (C=O) groups is 3. The summed E-state index contributed by atoms with van der Waals surface area (Å²) in [4.78, 5) is 40.0. The number of aliphatic carboxylic acids is 1. The molecule has 0 bridgehead atoms. The molecule has 8 nitrogen and oxygen atoms in total. The Bertz CT molecular complexity index is 958. The van der Waals surface area contributed by atoms with Gasteiger partial charge < -0.3 is 15.2 Å². The second-order valence-electron chi connectivity index (χ2n) is 8.10. The van der Waals surface area contributed by atoms with Crippen LogP contribution in [0.2, 0.25) is 0 Å². The van der Waals surface area contributed by atoms with E-state index in [9.17, 15) is 14.4 Å². The molecule has 0 radical (unpaired) electrons. The fraction of sp³-hybridized carbons (Fsp3) is 0.375. The summed E-state index contributed by atoms with van der Waals surface area (Å²) < 4.78 is 5.44. The van der Waals surface area contributed by atoms with Gasteiger partial charge in [-0.3, -0.25) is 9.63 Å². The van der Waals surface area contributed by atoms with E-state index >= 15 is 0 Å². The van der Waals surface area contributed by atoms with Gasteiger partial charge in [-0.1, -0.05) is 48.5 Å². The highest BCUT2D eigenvalue weighted by molar-refractivity contribution is 5.79. The van der Waals surface area contributed by atoms with Gasteiger partial charge in [0.1, 0.15) is 6.61 Å². The molecule has 8 heteroatoms. The smallest absolute Gasteiger partial charge is 0.407 e. The summed E-state index contributed by atoms with van der Waals surface area (Å²) in [7, 11) is 0. The number of fused-ring (bicyclic) bond motifs is 3. The molecule has 1 atom stereocenters. The number of amides is 2. The highest BCUT2D eigenvalue weighted by Crippen LogP contribution is 2.44. The summed E-state index contributed by atoms with van der Waals surface area (Å²) >= 11 is 0. The molecule has 0 spiro atoms. The van der Waals surface area contributed by atoms with E-state index in [0.29, 0.717) is 6.42 Å². The predicted molar refractivity (Wildman–Crippen MR) is 116 cm³/mol. The summed E-state index contributed by atoms with van der Waals surface area (Å²) in [5.41, 5.74) is 6.80. The lowest BCUT2D eigenvalue weighted by atomic mass is 9.98. The molecule has 1 saturated carbocycles. The van der Waals surface area contributed by atoms with Crippen molar-refractivity contribution in [1.29, 1.82) is 0 Å². The maximum Gasteiger partial charge on any atom is 0.407 e. The maximum atomic E-state index is 12.1. The minimum atomic E-state index is -1.08. The first-order valence-corrected chi connectivity index (χ1v) is 10.8. The molecule has 1 fully saturated rings. The lowest BCUT2D eigenvalue weighted by Crippen LogP contribution is -2.36. The first kappa shape index (κ1) is 21.8.